The molecule has 40 heavy (non-hydrogen) atoms. The number of hydrogen-bond acceptors (Lipinski definition) is 9. The first-order chi connectivity index (χ1) is 17.7. The van der Waals surface area contributed by atoms with Gasteiger partial charge in [0.25, 0.3) is 8.07 Å². The molecule has 0 aliphatic heterocycles. The van der Waals surface area contributed by atoms with Crippen LogP contribution in [0.5, 0.6) is 0 Å². The summed E-state index contributed by atoms with van der Waals surface area (Å²) in [6.07, 6.45) is 5.12. The molecule has 0 aromatic rings. The average molecular weight is 676 g/mol. The third kappa shape index (κ3) is 30.8. The minimum absolute atomic E-state index is 0. The maximum atomic E-state index is 5.26. The molecule has 0 radical (unpaired) electrons. The summed E-state index contributed by atoms with van der Waals surface area (Å²) in [4.78, 5) is 0. The summed E-state index contributed by atoms with van der Waals surface area (Å²) in [6, 6.07) is 0. The van der Waals surface area contributed by atoms with Crippen molar-refractivity contribution in [2.45, 2.75) is 59.8 Å². The molecule has 0 spiro atoms. The van der Waals surface area contributed by atoms with Gasteiger partial charge in [0.2, 0.25) is 0 Å². The van der Waals surface area contributed by atoms with Crippen LogP contribution in [0.3, 0.4) is 0 Å². The van der Waals surface area contributed by atoms with Gasteiger partial charge >= 0.3 is 27.1 Å². The molecule has 0 bridgehead atoms. The molecule has 0 fully saturated rings. The molecular weight excluding hydrogens is 613 g/mol. The Labute approximate surface area is 255 Å². The Hall–Kier alpha value is -0.149. The van der Waals surface area contributed by atoms with Crippen LogP contribution in [0.25, 0.3) is 0 Å². The highest BCUT2D eigenvalue weighted by Crippen LogP contribution is 2.12. The smallest absolute Gasteiger partial charge is 0.379 e. The summed E-state index contributed by atoms with van der Waals surface area (Å²) >= 11 is 0. The Balaban J connectivity index is -0.000000142. The molecule has 0 amide bonds. The normalized spacial score (nSPS) is 12.4. The van der Waals surface area contributed by atoms with Crippen molar-refractivity contribution in [1.29, 1.82) is 0 Å². The van der Waals surface area contributed by atoms with Gasteiger partial charge in [0, 0.05) is 70.5 Å². The van der Waals surface area contributed by atoms with E-state index in [4.69, 9.17) is 46.3 Å². The second-order valence-corrected chi connectivity index (χ2v) is 32.5. The predicted octanol–water partition coefficient (Wildman–Crippen LogP) is 5.19. The first-order valence-electron chi connectivity index (χ1n) is 12.3. The van der Waals surface area contributed by atoms with Crippen molar-refractivity contribution in [2.24, 2.45) is 0 Å². The number of terminal acetylenes is 1. The third-order valence-electron chi connectivity index (χ3n) is 4.24. The standard InChI is InChI=1S/C8H20O3Si2.C8H19O3Si2.C5H10Si.C3H10O3Si.CH4/c2*1-9-13(10-2,11-3)8-7-12(4,5)6;1-5-6(2,3)4;1-4-7(5-2)6-3;/h7-8H,1-6H3;7-8H,4H2,1-3,5-6H3;1H,2-4H3;7H,1-3H3;1H4/q;+1;;;/b8-7+;8-7-;;;. The lowest BCUT2D eigenvalue weighted by atomic mass is 11.2. The Morgan fingerprint density at radius 1 is 0.550 bits per heavy atom. The first kappa shape index (κ1) is 49.5. The van der Waals surface area contributed by atoms with Gasteiger partial charge in [-0.05, 0) is 24.5 Å². The van der Waals surface area contributed by atoms with Gasteiger partial charge in [-0.15, -0.1) is 12.0 Å². The predicted molar refractivity (Wildman–Crippen MR) is 185 cm³/mol. The summed E-state index contributed by atoms with van der Waals surface area (Å²) in [6.45, 7) is 21.6. The van der Waals surface area contributed by atoms with E-state index in [1.807, 2.05) is 11.4 Å². The van der Waals surface area contributed by atoms with Crippen molar-refractivity contribution in [3.8, 4) is 12.0 Å². The Kier molecular flexibility index (Phi) is 31.4. The van der Waals surface area contributed by atoms with Gasteiger partial charge in [-0.25, -0.2) is 0 Å². The number of rotatable bonds is 13. The summed E-state index contributed by atoms with van der Waals surface area (Å²) in [5.41, 5.74) is 10.9. The zero-order chi connectivity index (χ0) is 32.0. The van der Waals surface area contributed by atoms with Crippen LogP contribution in [-0.2, 0) is 39.8 Å². The first-order valence-corrected chi connectivity index (χ1v) is 27.7. The molecule has 0 rings (SSSR count). The fourth-order valence-electron chi connectivity index (χ4n) is 1.88. The summed E-state index contributed by atoms with van der Waals surface area (Å²) in [7, 11) is 3.96. The van der Waals surface area contributed by atoms with Crippen LogP contribution >= 0.6 is 0 Å². The van der Waals surface area contributed by atoms with Gasteiger partial charge in [-0.2, -0.15) is 0 Å². The minimum atomic E-state index is -2.51. The molecule has 0 aliphatic carbocycles. The quantitative estimate of drug-likeness (QED) is 0.149. The molecule has 0 aromatic heterocycles. The SMILES string of the molecule is C.C#C[Si](C)(C)C.CO[SiH](OC)OC.CO[Si](/C=C/[Si](C)(C)C)(OC)OC.[CH2+][Si](C)(C)/C=C\[Si](OC)(OC)OC. The molecule has 0 aliphatic rings. The third-order valence-corrected chi connectivity index (χ3v) is 13.7. The molecule has 0 N–H and O–H groups in total. The van der Waals surface area contributed by atoms with Crippen molar-refractivity contribution in [1.82, 2.24) is 0 Å². The van der Waals surface area contributed by atoms with E-state index in [1.165, 1.54) is 0 Å². The molecular formula is C25H63O9Si6+. The van der Waals surface area contributed by atoms with Crippen molar-refractivity contribution in [2.75, 3.05) is 64.0 Å². The lowest BCUT2D eigenvalue weighted by molar-refractivity contribution is 0.138. The Morgan fingerprint density at radius 3 is 0.925 bits per heavy atom. The Morgan fingerprint density at radius 2 is 0.800 bits per heavy atom. The zero-order valence-corrected chi connectivity index (χ0v) is 34.0. The van der Waals surface area contributed by atoms with Crippen LogP contribution in [0.2, 0.25) is 52.4 Å². The van der Waals surface area contributed by atoms with E-state index >= 15 is 0 Å². The highest BCUT2D eigenvalue weighted by atomic mass is 28.4. The van der Waals surface area contributed by atoms with Crippen LogP contribution in [0, 0.1) is 18.5 Å². The Bertz CT molecular complexity index is 608. The van der Waals surface area contributed by atoms with E-state index in [2.05, 4.69) is 75.9 Å². The fourth-order valence-corrected chi connectivity index (χ4v) is 9.71. The molecule has 0 unspecified atom stereocenters. The highest BCUT2D eigenvalue weighted by molar-refractivity contribution is 6.85. The maximum absolute atomic E-state index is 5.26. The van der Waals surface area contributed by atoms with Crippen LogP contribution < -0.4 is 0 Å². The minimum Gasteiger partial charge on any atom is -0.379 e. The average Bonchev–Trinajstić information content (AvgIpc) is 2.87. The lowest BCUT2D eigenvalue weighted by Gasteiger charge is -2.21. The van der Waals surface area contributed by atoms with Crippen LogP contribution in [0.4, 0.5) is 0 Å². The second-order valence-electron chi connectivity index (χ2n) is 10.8. The summed E-state index contributed by atoms with van der Waals surface area (Å²) in [5.74, 6) is 0. The second kappa shape index (κ2) is 25.4. The van der Waals surface area contributed by atoms with Crippen LogP contribution in [0.1, 0.15) is 7.43 Å². The monoisotopic (exact) mass is 675 g/mol. The summed E-state index contributed by atoms with van der Waals surface area (Å²) in [5, 5.41) is 0. The number of hydrogen-bond donors (Lipinski definition) is 0. The van der Waals surface area contributed by atoms with E-state index in [-0.39, 0.29) is 7.43 Å². The molecule has 0 heterocycles. The van der Waals surface area contributed by atoms with Crippen molar-refractivity contribution in [3.05, 3.63) is 29.3 Å². The van der Waals surface area contributed by atoms with E-state index < -0.39 is 51.4 Å². The zero-order valence-electron chi connectivity index (χ0n) is 27.8. The highest BCUT2D eigenvalue weighted by Gasteiger charge is 2.36. The van der Waals surface area contributed by atoms with Crippen LogP contribution in [0.15, 0.2) is 22.8 Å². The van der Waals surface area contributed by atoms with E-state index in [1.54, 1.807) is 64.0 Å². The molecule has 15 heteroatoms. The van der Waals surface area contributed by atoms with Crippen molar-refractivity contribution < 1.29 is 39.8 Å². The van der Waals surface area contributed by atoms with Crippen molar-refractivity contribution in [3.63, 3.8) is 0 Å². The van der Waals surface area contributed by atoms with Crippen molar-refractivity contribution >= 4 is 51.4 Å². The van der Waals surface area contributed by atoms with Gasteiger partial charge in [0.1, 0.15) is 8.07 Å². The maximum Gasteiger partial charge on any atom is 0.528 e. The lowest BCUT2D eigenvalue weighted by Crippen LogP contribution is -2.41. The van der Waals surface area contributed by atoms with Gasteiger partial charge in [-0.3, -0.25) is 0 Å². The molecule has 0 saturated carbocycles. The van der Waals surface area contributed by atoms with Gasteiger partial charge in [-0.1, -0.05) is 58.1 Å². The molecule has 0 aromatic carbocycles. The molecule has 9 nitrogen and oxygen atoms in total. The molecule has 0 saturated heterocycles. The largest absolute Gasteiger partial charge is 0.528 e. The van der Waals surface area contributed by atoms with Crippen LogP contribution in [-0.4, -0.2) is 115 Å². The topological polar surface area (TPSA) is 83.1 Å². The molecule has 0 atom stereocenters. The van der Waals surface area contributed by atoms with Gasteiger partial charge in [0.15, 0.2) is 0 Å². The van der Waals surface area contributed by atoms with Gasteiger partial charge in [0.05, 0.1) is 8.07 Å². The van der Waals surface area contributed by atoms with E-state index in [9.17, 15) is 0 Å². The van der Waals surface area contributed by atoms with E-state index in [0.717, 1.165) is 0 Å². The van der Waals surface area contributed by atoms with E-state index in [0.29, 0.717) is 0 Å². The molecule has 240 valence electrons. The fraction of sp³-hybridized carbons (Fsp3) is 0.720. The van der Waals surface area contributed by atoms with Gasteiger partial charge < -0.3 is 39.8 Å². The summed E-state index contributed by atoms with van der Waals surface area (Å²) < 4.78 is 45.7.